The van der Waals surface area contributed by atoms with Crippen LogP contribution in [0, 0.1) is 13.8 Å². The van der Waals surface area contributed by atoms with Crippen molar-refractivity contribution in [3.8, 4) is 5.75 Å². The first-order valence-corrected chi connectivity index (χ1v) is 9.87. The van der Waals surface area contributed by atoms with Crippen LogP contribution in [0.1, 0.15) is 21.5 Å². The fourth-order valence-corrected chi connectivity index (χ4v) is 3.25. The van der Waals surface area contributed by atoms with Crippen molar-refractivity contribution in [2.45, 2.75) is 13.8 Å². The maximum Gasteiger partial charge on any atom is 0.262 e. The maximum absolute atomic E-state index is 12.4. The summed E-state index contributed by atoms with van der Waals surface area (Å²) in [5.74, 6) is 0.236. The molecule has 3 aromatic carbocycles. The third-order valence-corrected chi connectivity index (χ3v) is 4.81. The maximum atomic E-state index is 12.4. The van der Waals surface area contributed by atoms with E-state index >= 15 is 0 Å². The predicted octanol–water partition coefficient (Wildman–Crippen LogP) is 5.34. The zero-order chi connectivity index (χ0) is 20.8. The average Bonchev–Trinajstić information content (AvgIpc) is 2.69. The molecule has 0 spiro atoms. The van der Waals surface area contributed by atoms with E-state index in [1.807, 2.05) is 50.2 Å². The van der Waals surface area contributed by atoms with E-state index in [9.17, 15) is 9.59 Å². The van der Waals surface area contributed by atoms with E-state index in [2.05, 4.69) is 26.6 Å². The van der Waals surface area contributed by atoms with Gasteiger partial charge in [0.2, 0.25) is 0 Å². The Morgan fingerprint density at radius 3 is 2.17 bits per heavy atom. The summed E-state index contributed by atoms with van der Waals surface area (Å²) in [4.78, 5) is 24.5. The zero-order valence-electron chi connectivity index (χ0n) is 16.2. The number of halogens is 1. The second-order valence-corrected chi connectivity index (χ2v) is 7.51. The lowest BCUT2D eigenvalue weighted by molar-refractivity contribution is -0.118. The van der Waals surface area contributed by atoms with Gasteiger partial charge in [0.15, 0.2) is 6.61 Å². The SMILES string of the molecule is Cc1cc(Br)ccc1OCC(=O)Nc1ccc(NC(=O)c2ccccc2C)cc1. The van der Waals surface area contributed by atoms with E-state index in [0.29, 0.717) is 22.7 Å². The Labute approximate surface area is 178 Å². The highest BCUT2D eigenvalue weighted by atomic mass is 79.9. The summed E-state index contributed by atoms with van der Waals surface area (Å²) >= 11 is 3.40. The van der Waals surface area contributed by atoms with Crippen molar-refractivity contribution < 1.29 is 14.3 Å². The predicted molar refractivity (Wildman–Crippen MR) is 119 cm³/mol. The Bertz CT molecular complexity index is 1030. The number of amides is 2. The van der Waals surface area contributed by atoms with Gasteiger partial charge in [-0.2, -0.15) is 0 Å². The number of rotatable bonds is 6. The Morgan fingerprint density at radius 2 is 1.52 bits per heavy atom. The molecule has 0 aliphatic heterocycles. The van der Waals surface area contributed by atoms with Crippen LogP contribution in [0.2, 0.25) is 0 Å². The Kier molecular flexibility index (Phi) is 6.67. The molecule has 0 aliphatic rings. The van der Waals surface area contributed by atoms with Crippen molar-refractivity contribution in [2.24, 2.45) is 0 Å². The minimum Gasteiger partial charge on any atom is -0.483 e. The van der Waals surface area contributed by atoms with Gasteiger partial charge in [0.05, 0.1) is 0 Å². The van der Waals surface area contributed by atoms with Crippen molar-refractivity contribution >= 4 is 39.1 Å². The molecule has 2 N–H and O–H groups in total. The van der Waals surface area contributed by atoms with Crippen molar-refractivity contribution in [3.05, 3.63) is 87.9 Å². The summed E-state index contributed by atoms with van der Waals surface area (Å²) in [5, 5.41) is 5.64. The van der Waals surface area contributed by atoms with Gasteiger partial charge in [-0.05, 0) is 73.5 Å². The highest BCUT2D eigenvalue weighted by Gasteiger charge is 2.09. The third-order valence-electron chi connectivity index (χ3n) is 4.31. The summed E-state index contributed by atoms with van der Waals surface area (Å²) in [6.45, 7) is 3.72. The van der Waals surface area contributed by atoms with Gasteiger partial charge in [0.25, 0.3) is 11.8 Å². The lowest BCUT2D eigenvalue weighted by Gasteiger charge is -2.11. The number of carbonyl (C=O) groups is 2. The zero-order valence-corrected chi connectivity index (χ0v) is 17.7. The molecular formula is C23H21BrN2O3. The number of nitrogens with one attached hydrogen (secondary N) is 2. The molecule has 0 saturated carbocycles. The van der Waals surface area contributed by atoms with E-state index in [0.717, 1.165) is 15.6 Å². The van der Waals surface area contributed by atoms with Gasteiger partial charge in [0.1, 0.15) is 5.75 Å². The highest BCUT2D eigenvalue weighted by molar-refractivity contribution is 9.10. The minimum absolute atomic E-state index is 0.0890. The molecule has 0 radical (unpaired) electrons. The van der Waals surface area contributed by atoms with Gasteiger partial charge in [-0.15, -0.1) is 0 Å². The van der Waals surface area contributed by atoms with Crippen molar-refractivity contribution in [1.82, 2.24) is 0 Å². The smallest absolute Gasteiger partial charge is 0.262 e. The van der Waals surface area contributed by atoms with Gasteiger partial charge >= 0.3 is 0 Å². The quantitative estimate of drug-likeness (QED) is 0.530. The molecule has 0 saturated heterocycles. The van der Waals surface area contributed by atoms with Gasteiger partial charge < -0.3 is 15.4 Å². The molecule has 3 aromatic rings. The summed E-state index contributed by atoms with van der Waals surface area (Å²) in [5.41, 5.74) is 3.76. The molecule has 0 fully saturated rings. The second-order valence-electron chi connectivity index (χ2n) is 6.59. The largest absolute Gasteiger partial charge is 0.483 e. The Morgan fingerprint density at radius 1 is 0.862 bits per heavy atom. The fraction of sp³-hybridized carbons (Fsp3) is 0.130. The molecule has 29 heavy (non-hydrogen) atoms. The molecule has 6 heteroatoms. The van der Waals surface area contributed by atoms with Crippen molar-refractivity contribution in [3.63, 3.8) is 0 Å². The molecule has 5 nitrogen and oxygen atoms in total. The van der Waals surface area contributed by atoms with Crippen LogP contribution in [0.15, 0.2) is 71.2 Å². The standard InChI is InChI=1S/C23H21BrN2O3/c1-15-5-3-4-6-20(15)23(28)26-19-10-8-18(9-11-19)25-22(27)14-29-21-12-7-17(24)13-16(21)2/h3-13H,14H2,1-2H3,(H,25,27)(H,26,28). The average molecular weight is 453 g/mol. The van der Waals surface area contributed by atoms with Crippen LogP contribution in [0.3, 0.4) is 0 Å². The van der Waals surface area contributed by atoms with Crippen LogP contribution >= 0.6 is 15.9 Å². The Balaban J connectivity index is 1.54. The third kappa shape index (κ3) is 5.68. The summed E-state index contributed by atoms with van der Waals surface area (Å²) in [6, 6.07) is 20.0. The van der Waals surface area contributed by atoms with Crippen LogP contribution in [-0.4, -0.2) is 18.4 Å². The van der Waals surface area contributed by atoms with E-state index in [4.69, 9.17) is 4.74 Å². The van der Waals surface area contributed by atoms with Crippen LogP contribution in [0.5, 0.6) is 5.75 Å². The summed E-state index contributed by atoms with van der Waals surface area (Å²) in [6.07, 6.45) is 0. The number of hydrogen-bond donors (Lipinski definition) is 2. The number of anilines is 2. The molecular weight excluding hydrogens is 432 g/mol. The summed E-state index contributed by atoms with van der Waals surface area (Å²) < 4.78 is 6.53. The van der Waals surface area contributed by atoms with E-state index in [-0.39, 0.29) is 18.4 Å². The lowest BCUT2D eigenvalue weighted by Crippen LogP contribution is -2.20. The van der Waals surface area contributed by atoms with Crippen LogP contribution in [0.25, 0.3) is 0 Å². The van der Waals surface area contributed by atoms with Crippen LogP contribution in [0.4, 0.5) is 11.4 Å². The van der Waals surface area contributed by atoms with Gasteiger partial charge in [-0.25, -0.2) is 0 Å². The van der Waals surface area contributed by atoms with Gasteiger partial charge in [0, 0.05) is 21.4 Å². The van der Waals surface area contributed by atoms with E-state index in [1.54, 1.807) is 30.3 Å². The van der Waals surface area contributed by atoms with Crippen molar-refractivity contribution in [1.29, 1.82) is 0 Å². The second kappa shape index (κ2) is 9.39. The topological polar surface area (TPSA) is 67.4 Å². The molecule has 0 unspecified atom stereocenters. The normalized spacial score (nSPS) is 10.3. The Hall–Kier alpha value is -3.12. The first-order chi connectivity index (χ1) is 13.9. The van der Waals surface area contributed by atoms with E-state index < -0.39 is 0 Å². The number of ether oxygens (including phenoxy) is 1. The van der Waals surface area contributed by atoms with E-state index in [1.165, 1.54) is 0 Å². The first-order valence-electron chi connectivity index (χ1n) is 9.08. The molecule has 0 heterocycles. The number of hydrogen-bond acceptors (Lipinski definition) is 3. The van der Waals surface area contributed by atoms with Gasteiger partial charge in [-0.1, -0.05) is 34.1 Å². The number of benzene rings is 3. The fourth-order valence-electron chi connectivity index (χ4n) is 2.78. The lowest BCUT2D eigenvalue weighted by atomic mass is 10.1. The van der Waals surface area contributed by atoms with Crippen molar-refractivity contribution in [2.75, 3.05) is 17.2 Å². The molecule has 3 rings (SSSR count). The summed E-state index contributed by atoms with van der Waals surface area (Å²) in [7, 11) is 0. The molecule has 148 valence electrons. The monoisotopic (exact) mass is 452 g/mol. The van der Waals surface area contributed by atoms with Crippen LogP contribution in [-0.2, 0) is 4.79 Å². The molecule has 2 amide bonds. The molecule has 0 bridgehead atoms. The highest BCUT2D eigenvalue weighted by Crippen LogP contribution is 2.22. The minimum atomic E-state index is -0.260. The van der Waals surface area contributed by atoms with Gasteiger partial charge in [-0.3, -0.25) is 9.59 Å². The number of carbonyl (C=O) groups excluding carboxylic acids is 2. The molecule has 0 aliphatic carbocycles. The molecule has 0 aromatic heterocycles. The van der Waals surface area contributed by atoms with Crippen LogP contribution < -0.4 is 15.4 Å². The molecule has 0 atom stereocenters. The number of aryl methyl sites for hydroxylation is 2. The first kappa shape index (κ1) is 20.6.